The lowest BCUT2D eigenvalue weighted by molar-refractivity contribution is -0.172. The van der Waals surface area contributed by atoms with Gasteiger partial charge in [0.2, 0.25) is 0 Å². The molecule has 1 heterocycles. The zero-order chi connectivity index (χ0) is 17.4. The van der Waals surface area contributed by atoms with E-state index >= 15 is 0 Å². The fraction of sp³-hybridized carbons (Fsp3) is 0.957. The largest absolute Gasteiger partial charge is 0.459 e. The Morgan fingerprint density at radius 1 is 0.885 bits per heavy atom. The molecule has 0 spiro atoms. The fourth-order valence-electron chi connectivity index (χ4n) is 9.63. The Kier molecular flexibility index (Phi) is 2.78. The summed E-state index contributed by atoms with van der Waals surface area (Å²) in [6, 6.07) is 0. The molecule has 1 aliphatic heterocycles. The summed E-state index contributed by atoms with van der Waals surface area (Å²) in [6.07, 6.45) is 10.4. The standard InChI is InChI=1S/C23H32O3/c1-23(2,17-6-10-3-4-11(17)5-10)26-22(24)14-8-12-7-13(14)19-16-9-15(18(12)19)20-21(16)25-20/h10-21H,3-9H2,1-2H3. The maximum atomic E-state index is 13.2. The summed E-state index contributed by atoms with van der Waals surface area (Å²) in [4.78, 5) is 13.2. The van der Waals surface area contributed by atoms with Gasteiger partial charge in [-0.1, -0.05) is 6.42 Å². The Morgan fingerprint density at radius 3 is 2.42 bits per heavy atom. The van der Waals surface area contributed by atoms with Crippen molar-refractivity contribution in [2.75, 3.05) is 0 Å². The van der Waals surface area contributed by atoms with E-state index in [1.54, 1.807) is 0 Å². The van der Waals surface area contributed by atoms with E-state index in [0.717, 1.165) is 47.8 Å². The normalized spacial score (nSPS) is 60.4. The third kappa shape index (κ3) is 1.78. The highest BCUT2D eigenvalue weighted by Gasteiger charge is 2.74. The van der Waals surface area contributed by atoms with Crippen LogP contribution in [-0.2, 0) is 14.3 Å². The molecule has 12 atom stereocenters. The van der Waals surface area contributed by atoms with E-state index in [9.17, 15) is 4.79 Å². The van der Waals surface area contributed by atoms with Crippen LogP contribution in [0, 0.1) is 59.2 Å². The van der Waals surface area contributed by atoms with Crippen molar-refractivity contribution >= 4 is 5.97 Å². The Bertz CT molecular complexity index is 670. The lowest BCUT2D eigenvalue weighted by Gasteiger charge is -2.40. The second-order valence-electron chi connectivity index (χ2n) is 11.6. The maximum Gasteiger partial charge on any atom is 0.309 e. The van der Waals surface area contributed by atoms with Crippen LogP contribution in [-0.4, -0.2) is 23.8 Å². The minimum Gasteiger partial charge on any atom is -0.459 e. The number of carbonyl (C=O) groups excluding carboxylic acids is 1. The van der Waals surface area contributed by atoms with Crippen LogP contribution in [0.4, 0.5) is 0 Å². The first-order valence-electron chi connectivity index (χ1n) is 11.4. The van der Waals surface area contributed by atoms with E-state index < -0.39 is 0 Å². The quantitative estimate of drug-likeness (QED) is 0.435. The fourth-order valence-corrected chi connectivity index (χ4v) is 9.63. The number of rotatable bonds is 3. The smallest absolute Gasteiger partial charge is 0.309 e. The van der Waals surface area contributed by atoms with Gasteiger partial charge >= 0.3 is 5.97 Å². The van der Waals surface area contributed by atoms with E-state index in [-0.39, 0.29) is 17.5 Å². The molecule has 0 aromatic rings. The highest BCUT2D eigenvalue weighted by molar-refractivity contribution is 5.74. The van der Waals surface area contributed by atoms with Crippen molar-refractivity contribution in [2.24, 2.45) is 59.2 Å². The van der Waals surface area contributed by atoms with Crippen LogP contribution in [0.15, 0.2) is 0 Å². The Hall–Kier alpha value is -0.570. The number of hydrogen-bond donors (Lipinski definition) is 0. The first-order chi connectivity index (χ1) is 12.5. The third-order valence-corrected chi connectivity index (χ3v) is 10.4. The molecule has 12 unspecified atom stereocenters. The van der Waals surface area contributed by atoms with Gasteiger partial charge in [-0.3, -0.25) is 4.79 Å². The number of epoxide rings is 1. The van der Waals surface area contributed by atoms with E-state index in [0.29, 0.717) is 24.0 Å². The van der Waals surface area contributed by atoms with Gasteiger partial charge in [-0.15, -0.1) is 0 Å². The van der Waals surface area contributed by atoms with Crippen LogP contribution in [0.25, 0.3) is 0 Å². The summed E-state index contributed by atoms with van der Waals surface area (Å²) in [7, 11) is 0. The molecule has 1 saturated heterocycles. The molecule has 6 aliphatic carbocycles. The molecule has 7 fully saturated rings. The van der Waals surface area contributed by atoms with Gasteiger partial charge < -0.3 is 9.47 Å². The molecule has 26 heavy (non-hydrogen) atoms. The number of carbonyl (C=O) groups is 1. The van der Waals surface area contributed by atoms with Crippen molar-refractivity contribution in [3.05, 3.63) is 0 Å². The summed E-state index contributed by atoms with van der Waals surface area (Å²) < 4.78 is 12.3. The number of ether oxygens (including phenoxy) is 2. The molecule has 6 saturated carbocycles. The average molecular weight is 357 g/mol. The molecule has 3 heteroatoms. The van der Waals surface area contributed by atoms with Crippen LogP contribution in [0.2, 0.25) is 0 Å². The van der Waals surface area contributed by atoms with Gasteiger partial charge in [0, 0.05) is 5.92 Å². The zero-order valence-corrected chi connectivity index (χ0v) is 16.1. The molecule has 6 bridgehead atoms. The van der Waals surface area contributed by atoms with Gasteiger partial charge in [-0.05, 0) is 99.7 Å². The van der Waals surface area contributed by atoms with Crippen LogP contribution in [0.5, 0.6) is 0 Å². The second-order valence-corrected chi connectivity index (χ2v) is 11.6. The summed E-state index contributed by atoms with van der Waals surface area (Å²) >= 11 is 0. The summed E-state index contributed by atoms with van der Waals surface area (Å²) in [5.41, 5.74) is -0.266. The SMILES string of the molecule is CC(C)(OC(=O)C1CC2CC1C1C3CC(C4OC34)C21)C1CC2CCC1C2. The topological polar surface area (TPSA) is 38.8 Å². The summed E-state index contributed by atoms with van der Waals surface area (Å²) in [5.74, 6) is 7.33. The molecular formula is C23H32O3. The van der Waals surface area contributed by atoms with Crippen molar-refractivity contribution in [3.8, 4) is 0 Å². The lowest BCUT2D eigenvalue weighted by Crippen LogP contribution is -2.44. The highest BCUT2D eigenvalue weighted by Crippen LogP contribution is 2.73. The molecule has 142 valence electrons. The molecule has 0 amide bonds. The van der Waals surface area contributed by atoms with Gasteiger partial charge in [0.1, 0.15) is 5.60 Å². The van der Waals surface area contributed by atoms with Crippen molar-refractivity contribution in [3.63, 3.8) is 0 Å². The van der Waals surface area contributed by atoms with Gasteiger partial charge in [0.25, 0.3) is 0 Å². The number of hydrogen-bond acceptors (Lipinski definition) is 3. The van der Waals surface area contributed by atoms with Crippen molar-refractivity contribution in [1.82, 2.24) is 0 Å². The minimum atomic E-state index is -0.266. The number of fused-ring (bicyclic) bond motifs is 14. The molecule has 7 aliphatic rings. The van der Waals surface area contributed by atoms with Crippen molar-refractivity contribution in [1.29, 1.82) is 0 Å². The van der Waals surface area contributed by atoms with Gasteiger partial charge in [0.15, 0.2) is 0 Å². The summed E-state index contributed by atoms with van der Waals surface area (Å²) in [6.45, 7) is 4.40. The molecule has 7 rings (SSSR count). The zero-order valence-electron chi connectivity index (χ0n) is 16.1. The first kappa shape index (κ1) is 15.4. The predicted molar refractivity (Wildman–Crippen MR) is 96.1 cm³/mol. The molecule has 3 nitrogen and oxygen atoms in total. The predicted octanol–water partition coefficient (Wildman–Crippen LogP) is 4.05. The van der Waals surface area contributed by atoms with E-state index in [1.807, 2.05) is 0 Å². The Balaban J connectivity index is 1.09. The van der Waals surface area contributed by atoms with Crippen LogP contribution in [0.3, 0.4) is 0 Å². The molecule has 0 aromatic heterocycles. The molecule has 0 N–H and O–H groups in total. The number of esters is 1. The van der Waals surface area contributed by atoms with E-state index in [4.69, 9.17) is 9.47 Å². The average Bonchev–Trinajstić information content (AvgIpc) is 3.21. The Morgan fingerprint density at radius 2 is 1.69 bits per heavy atom. The van der Waals surface area contributed by atoms with Crippen molar-refractivity contribution < 1.29 is 14.3 Å². The summed E-state index contributed by atoms with van der Waals surface area (Å²) in [5, 5.41) is 0. The first-order valence-corrected chi connectivity index (χ1v) is 11.4. The highest BCUT2D eigenvalue weighted by atomic mass is 16.6. The van der Waals surface area contributed by atoms with Gasteiger partial charge in [0.05, 0.1) is 18.1 Å². The third-order valence-electron chi connectivity index (χ3n) is 10.4. The molecule has 0 radical (unpaired) electrons. The lowest BCUT2D eigenvalue weighted by atomic mass is 9.67. The van der Waals surface area contributed by atoms with Gasteiger partial charge in [-0.25, -0.2) is 0 Å². The monoisotopic (exact) mass is 356 g/mol. The second kappa shape index (κ2) is 4.70. The van der Waals surface area contributed by atoms with E-state index in [1.165, 1.54) is 38.5 Å². The van der Waals surface area contributed by atoms with Crippen LogP contribution in [0.1, 0.15) is 58.8 Å². The van der Waals surface area contributed by atoms with Crippen molar-refractivity contribution in [2.45, 2.75) is 76.6 Å². The molecule has 0 aromatic carbocycles. The molecular weight excluding hydrogens is 324 g/mol. The Labute approximate surface area is 156 Å². The maximum absolute atomic E-state index is 13.2. The van der Waals surface area contributed by atoms with Gasteiger partial charge in [-0.2, -0.15) is 0 Å². The minimum absolute atomic E-state index is 0.153. The van der Waals surface area contributed by atoms with Crippen LogP contribution < -0.4 is 0 Å². The van der Waals surface area contributed by atoms with E-state index in [2.05, 4.69) is 13.8 Å². The van der Waals surface area contributed by atoms with Crippen LogP contribution >= 0.6 is 0 Å².